The van der Waals surface area contributed by atoms with Gasteiger partial charge in [0.25, 0.3) is 11.3 Å². The van der Waals surface area contributed by atoms with Gasteiger partial charge in [-0.1, -0.05) is 11.8 Å². The molecule has 0 bridgehead atoms. The molecule has 0 radical (unpaired) electrons. The number of nitrogens with zero attached hydrogens (tertiary/aromatic N) is 5. The second-order valence-electron chi connectivity index (χ2n) is 5.69. The summed E-state index contributed by atoms with van der Waals surface area (Å²) in [7, 11) is 0. The molecule has 26 heavy (non-hydrogen) atoms. The number of aryl methyl sites for hydroxylation is 1. The molecule has 3 aromatic heterocycles. The van der Waals surface area contributed by atoms with Crippen molar-refractivity contribution < 1.29 is 4.74 Å². The molecule has 3 heterocycles. The molecule has 0 atom stereocenters. The summed E-state index contributed by atoms with van der Waals surface area (Å²) in [5.74, 6) is 1.27. The highest BCUT2D eigenvalue weighted by Gasteiger charge is 2.14. The van der Waals surface area contributed by atoms with Crippen LogP contribution in [-0.4, -0.2) is 37.0 Å². The van der Waals surface area contributed by atoms with Crippen LogP contribution in [0.25, 0.3) is 22.4 Å². The average Bonchev–Trinajstić information content (AvgIpc) is 3.06. The van der Waals surface area contributed by atoms with E-state index in [1.807, 2.05) is 50.4 Å². The van der Waals surface area contributed by atoms with Crippen LogP contribution >= 0.6 is 11.8 Å². The fourth-order valence-electron chi connectivity index (χ4n) is 2.93. The molecule has 0 saturated heterocycles. The van der Waals surface area contributed by atoms with Crippen molar-refractivity contribution in [1.82, 2.24) is 24.1 Å². The van der Waals surface area contributed by atoms with Crippen LogP contribution in [0.4, 0.5) is 0 Å². The van der Waals surface area contributed by atoms with Crippen molar-refractivity contribution in [3.8, 4) is 11.4 Å². The van der Waals surface area contributed by atoms with Crippen molar-refractivity contribution in [2.75, 3.05) is 12.9 Å². The minimum atomic E-state index is -0.139. The van der Waals surface area contributed by atoms with Gasteiger partial charge >= 0.3 is 0 Å². The fraction of sp³-hybridized carbons (Fsp3) is 0.222. The zero-order valence-corrected chi connectivity index (χ0v) is 15.4. The molecule has 0 spiro atoms. The van der Waals surface area contributed by atoms with Crippen LogP contribution in [0, 0.1) is 6.92 Å². The summed E-state index contributed by atoms with van der Waals surface area (Å²) < 4.78 is 8.68. The molecule has 0 unspecified atom stereocenters. The van der Waals surface area contributed by atoms with Gasteiger partial charge in [-0.2, -0.15) is 9.50 Å². The summed E-state index contributed by atoms with van der Waals surface area (Å²) in [6.07, 6.45) is 3.66. The second-order valence-corrected chi connectivity index (χ2v) is 6.46. The highest BCUT2D eigenvalue weighted by molar-refractivity contribution is 7.98. The van der Waals surface area contributed by atoms with Gasteiger partial charge in [-0.15, -0.1) is 5.10 Å². The van der Waals surface area contributed by atoms with Crippen LogP contribution in [0.15, 0.2) is 46.5 Å². The average molecular weight is 367 g/mol. The van der Waals surface area contributed by atoms with Crippen LogP contribution in [0.1, 0.15) is 12.6 Å². The maximum atomic E-state index is 13.1. The van der Waals surface area contributed by atoms with E-state index in [4.69, 9.17) is 4.74 Å². The predicted molar refractivity (Wildman–Crippen MR) is 102 cm³/mol. The smallest absolute Gasteiger partial charge is 0.266 e. The highest BCUT2D eigenvalue weighted by atomic mass is 32.2. The predicted octanol–water partition coefficient (Wildman–Crippen LogP) is 2.86. The summed E-state index contributed by atoms with van der Waals surface area (Å²) in [5.41, 5.74) is 1.97. The minimum absolute atomic E-state index is 0.139. The van der Waals surface area contributed by atoms with Gasteiger partial charge in [-0.25, -0.2) is 4.98 Å². The van der Waals surface area contributed by atoms with Gasteiger partial charge in [0.2, 0.25) is 5.16 Å². The Kier molecular flexibility index (Phi) is 4.12. The molecule has 4 aromatic rings. The number of rotatable bonds is 4. The first-order valence-corrected chi connectivity index (χ1v) is 9.41. The number of benzene rings is 1. The Labute approximate surface area is 153 Å². The lowest BCUT2D eigenvalue weighted by atomic mass is 10.2. The monoisotopic (exact) mass is 367 g/mol. The van der Waals surface area contributed by atoms with Crippen molar-refractivity contribution in [2.24, 2.45) is 0 Å². The molecule has 132 valence electrons. The summed E-state index contributed by atoms with van der Waals surface area (Å²) >= 11 is 1.44. The van der Waals surface area contributed by atoms with E-state index in [0.29, 0.717) is 34.1 Å². The molecule has 0 fully saturated rings. The quantitative estimate of drug-likeness (QED) is 0.516. The standard InChI is InChI=1S/C18H17N5O2S/c1-4-25-13-7-5-12(6-8-13)22-10-9-14-15(16(22)24)11(2)19-17-20-18(26-3)21-23(14)17/h5-10H,4H2,1-3H3. The van der Waals surface area contributed by atoms with Crippen LogP contribution in [-0.2, 0) is 0 Å². The van der Waals surface area contributed by atoms with Gasteiger partial charge < -0.3 is 4.74 Å². The van der Waals surface area contributed by atoms with E-state index in [1.165, 1.54) is 11.8 Å². The molecule has 0 amide bonds. The molecular formula is C18H17N5O2S. The topological polar surface area (TPSA) is 74.3 Å². The Morgan fingerprint density at radius 3 is 2.62 bits per heavy atom. The lowest BCUT2D eigenvalue weighted by Crippen LogP contribution is -2.20. The SMILES string of the molecule is CCOc1ccc(-n2ccc3c(c(C)nc4nc(SC)nn43)c2=O)cc1. The van der Waals surface area contributed by atoms with Gasteiger partial charge in [0.05, 0.1) is 23.2 Å². The minimum Gasteiger partial charge on any atom is -0.494 e. The number of fused-ring (bicyclic) bond motifs is 3. The third kappa shape index (κ3) is 2.62. The molecule has 1 aromatic carbocycles. The van der Waals surface area contributed by atoms with E-state index < -0.39 is 0 Å². The van der Waals surface area contributed by atoms with E-state index in [1.54, 1.807) is 15.3 Å². The summed E-state index contributed by atoms with van der Waals surface area (Å²) in [6, 6.07) is 9.30. The van der Waals surface area contributed by atoms with Crippen molar-refractivity contribution in [3.05, 3.63) is 52.6 Å². The Balaban J connectivity index is 1.93. The molecule has 7 nitrogen and oxygen atoms in total. The largest absolute Gasteiger partial charge is 0.494 e. The Hall–Kier alpha value is -2.87. The van der Waals surface area contributed by atoms with Gasteiger partial charge in [0, 0.05) is 11.9 Å². The van der Waals surface area contributed by atoms with Crippen LogP contribution in [0.3, 0.4) is 0 Å². The third-order valence-corrected chi connectivity index (χ3v) is 4.65. The number of hydrogen-bond acceptors (Lipinski definition) is 6. The van der Waals surface area contributed by atoms with Gasteiger partial charge in [-0.05, 0) is 50.4 Å². The first kappa shape index (κ1) is 16.6. The van der Waals surface area contributed by atoms with Gasteiger partial charge in [0.15, 0.2) is 0 Å². The summed E-state index contributed by atoms with van der Waals surface area (Å²) in [4.78, 5) is 21.9. The van der Waals surface area contributed by atoms with E-state index >= 15 is 0 Å². The maximum absolute atomic E-state index is 13.1. The van der Waals surface area contributed by atoms with Crippen molar-refractivity contribution >= 4 is 28.4 Å². The second kappa shape index (κ2) is 6.45. The Morgan fingerprint density at radius 2 is 1.92 bits per heavy atom. The normalized spacial score (nSPS) is 11.3. The van der Waals surface area contributed by atoms with E-state index in [9.17, 15) is 4.79 Å². The maximum Gasteiger partial charge on any atom is 0.266 e. The Morgan fingerprint density at radius 1 is 1.15 bits per heavy atom. The van der Waals surface area contributed by atoms with Crippen molar-refractivity contribution in [2.45, 2.75) is 19.0 Å². The summed E-state index contributed by atoms with van der Waals surface area (Å²) in [6.45, 7) is 4.36. The van der Waals surface area contributed by atoms with E-state index in [0.717, 1.165) is 11.4 Å². The highest BCUT2D eigenvalue weighted by Crippen LogP contribution is 2.19. The van der Waals surface area contributed by atoms with Crippen LogP contribution in [0.5, 0.6) is 5.75 Å². The third-order valence-electron chi connectivity index (χ3n) is 4.11. The zero-order chi connectivity index (χ0) is 18.3. The first-order chi connectivity index (χ1) is 12.6. The van der Waals surface area contributed by atoms with Crippen molar-refractivity contribution in [1.29, 1.82) is 0 Å². The van der Waals surface area contributed by atoms with Gasteiger partial charge in [0.1, 0.15) is 5.75 Å². The van der Waals surface area contributed by atoms with Crippen LogP contribution in [0.2, 0.25) is 0 Å². The van der Waals surface area contributed by atoms with Gasteiger partial charge in [-0.3, -0.25) is 9.36 Å². The lowest BCUT2D eigenvalue weighted by Gasteiger charge is -2.10. The molecule has 0 saturated carbocycles. The molecule has 0 aliphatic heterocycles. The number of thioether (sulfide) groups is 1. The van der Waals surface area contributed by atoms with E-state index in [-0.39, 0.29) is 5.56 Å². The molecule has 4 rings (SSSR count). The van der Waals surface area contributed by atoms with Crippen LogP contribution < -0.4 is 10.3 Å². The zero-order valence-electron chi connectivity index (χ0n) is 14.6. The number of aromatic nitrogens is 5. The lowest BCUT2D eigenvalue weighted by molar-refractivity contribution is 0.340. The summed E-state index contributed by atoms with van der Waals surface area (Å²) in [5, 5.41) is 5.58. The molecule has 0 aliphatic rings. The fourth-order valence-corrected chi connectivity index (χ4v) is 3.26. The number of hydrogen-bond donors (Lipinski definition) is 0. The first-order valence-electron chi connectivity index (χ1n) is 8.18. The molecule has 0 aliphatic carbocycles. The van der Waals surface area contributed by atoms with Crippen molar-refractivity contribution in [3.63, 3.8) is 0 Å². The molecular weight excluding hydrogens is 350 g/mol. The number of pyridine rings is 1. The van der Waals surface area contributed by atoms with E-state index in [2.05, 4.69) is 15.1 Å². The molecule has 8 heteroatoms. The molecule has 0 N–H and O–H groups in total. The Bertz CT molecular complexity index is 1160. The number of ether oxygens (including phenoxy) is 1.